The fourth-order valence-electron chi connectivity index (χ4n) is 3.91. The van der Waals surface area contributed by atoms with Crippen molar-refractivity contribution in [1.82, 2.24) is 19.9 Å². The minimum absolute atomic E-state index is 0.181. The van der Waals surface area contributed by atoms with Gasteiger partial charge in [-0.3, -0.25) is 0 Å². The number of nitrogens with one attached hydrogen (secondary N) is 2. The topological polar surface area (TPSA) is 93.7 Å². The normalized spacial score (nSPS) is 15.9. The lowest BCUT2D eigenvalue weighted by Gasteiger charge is -2.23. The van der Waals surface area contributed by atoms with Crippen molar-refractivity contribution in [2.75, 3.05) is 65.3 Å². The van der Waals surface area contributed by atoms with E-state index >= 15 is 0 Å². The molecule has 11 heteroatoms. The van der Waals surface area contributed by atoms with Gasteiger partial charge in [-0.2, -0.15) is 0 Å². The third kappa shape index (κ3) is 5.81. The van der Waals surface area contributed by atoms with E-state index in [1.165, 1.54) is 0 Å². The van der Waals surface area contributed by atoms with Crippen molar-refractivity contribution < 1.29 is 14.2 Å². The summed E-state index contributed by atoms with van der Waals surface area (Å²) >= 11 is 13.4. The first-order chi connectivity index (χ1) is 16.9. The second kappa shape index (κ2) is 11.4. The molecule has 0 saturated carbocycles. The molecule has 0 radical (unpaired) electrons. The molecule has 188 valence electrons. The minimum atomic E-state index is 0.181. The van der Waals surface area contributed by atoms with Crippen molar-refractivity contribution in [3.63, 3.8) is 0 Å². The second-order valence-electron chi connectivity index (χ2n) is 8.56. The van der Waals surface area contributed by atoms with Crippen LogP contribution in [0.1, 0.15) is 12.8 Å². The number of hydrogen-bond acceptors (Lipinski definition) is 9. The number of halogens is 2. The lowest BCUT2D eigenvalue weighted by molar-refractivity contribution is 0.0874. The predicted octanol–water partition coefficient (Wildman–Crippen LogP) is 4.58. The molecule has 4 rings (SSSR count). The Kier molecular flexibility index (Phi) is 8.33. The fourth-order valence-corrected chi connectivity index (χ4v) is 4.60. The molecule has 1 aliphatic rings. The van der Waals surface area contributed by atoms with Crippen LogP contribution in [0.2, 0.25) is 10.0 Å². The van der Waals surface area contributed by atoms with Crippen LogP contribution in [0.3, 0.4) is 0 Å². The van der Waals surface area contributed by atoms with Gasteiger partial charge < -0.3 is 29.7 Å². The summed E-state index contributed by atoms with van der Waals surface area (Å²) in [5.74, 6) is 2.03. The van der Waals surface area contributed by atoms with Crippen molar-refractivity contribution in [1.29, 1.82) is 0 Å². The smallest absolute Gasteiger partial charge is 0.223 e. The summed E-state index contributed by atoms with van der Waals surface area (Å²) in [7, 11) is 7.12. The summed E-state index contributed by atoms with van der Waals surface area (Å²) in [6, 6.07) is 3.70. The van der Waals surface area contributed by atoms with Crippen LogP contribution in [0.4, 0.5) is 11.8 Å². The van der Waals surface area contributed by atoms with Gasteiger partial charge in [0, 0.05) is 42.9 Å². The molecule has 2 aromatic heterocycles. The number of hydrogen-bond donors (Lipinski definition) is 2. The Labute approximate surface area is 215 Å². The van der Waals surface area contributed by atoms with Crippen LogP contribution in [0.25, 0.3) is 22.2 Å². The number of likely N-dealkylation sites (N-methyl/N-ethyl adjacent to an activating group) is 1. The molecular weight excluding hydrogens is 491 g/mol. The lowest BCUT2D eigenvalue weighted by Crippen LogP contribution is -2.30. The van der Waals surface area contributed by atoms with Gasteiger partial charge >= 0.3 is 0 Å². The molecule has 0 amide bonds. The number of methoxy groups -OCH3 is 2. The van der Waals surface area contributed by atoms with E-state index in [2.05, 4.69) is 20.5 Å². The van der Waals surface area contributed by atoms with Crippen LogP contribution in [0, 0.1) is 0 Å². The highest BCUT2D eigenvalue weighted by Gasteiger charge is 2.22. The summed E-state index contributed by atoms with van der Waals surface area (Å²) in [6.07, 6.45) is 3.80. The Hall–Kier alpha value is -2.59. The van der Waals surface area contributed by atoms with E-state index in [-0.39, 0.29) is 6.04 Å². The van der Waals surface area contributed by atoms with Crippen molar-refractivity contribution >= 4 is 45.9 Å². The molecule has 0 bridgehead atoms. The van der Waals surface area contributed by atoms with Gasteiger partial charge in [0.05, 0.1) is 42.6 Å². The van der Waals surface area contributed by atoms with Gasteiger partial charge in [0.25, 0.3) is 0 Å². The Bertz CT molecular complexity index is 1160. The largest absolute Gasteiger partial charge is 0.495 e. The zero-order valence-corrected chi connectivity index (χ0v) is 21.8. The van der Waals surface area contributed by atoms with Gasteiger partial charge in [-0.05, 0) is 33.0 Å². The van der Waals surface area contributed by atoms with E-state index in [0.717, 1.165) is 31.4 Å². The Balaban J connectivity index is 1.80. The van der Waals surface area contributed by atoms with E-state index in [1.807, 2.05) is 20.2 Å². The number of pyridine rings is 1. The molecule has 1 aromatic carbocycles. The first kappa shape index (κ1) is 25.5. The maximum atomic E-state index is 6.68. The van der Waals surface area contributed by atoms with Gasteiger partial charge in [0.2, 0.25) is 5.95 Å². The van der Waals surface area contributed by atoms with E-state index in [1.54, 1.807) is 26.5 Å². The highest BCUT2D eigenvalue weighted by Crippen LogP contribution is 2.46. The predicted molar refractivity (Wildman–Crippen MR) is 140 cm³/mol. The van der Waals surface area contributed by atoms with Gasteiger partial charge in [-0.1, -0.05) is 23.2 Å². The van der Waals surface area contributed by atoms with E-state index in [9.17, 15) is 0 Å². The molecule has 1 unspecified atom stereocenters. The van der Waals surface area contributed by atoms with E-state index in [0.29, 0.717) is 63.2 Å². The third-order valence-electron chi connectivity index (χ3n) is 5.74. The zero-order chi connectivity index (χ0) is 24.9. The van der Waals surface area contributed by atoms with Crippen LogP contribution in [-0.4, -0.2) is 80.5 Å². The molecule has 3 heterocycles. The molecule has 1 saturated heterocycles. The average molecular weight is 521 g/mol. The Morgan fingerprint density at radius 3 is 2.49 bits per heavy atom. The van der Waals surface area contributed by atoms with Crippen LogP contribution < -0.4 is 20.1 Å². The molecule has 2 N–H and O–H groups in total. The number of ether oxygens (including phenoxy) is 3. The highest BCUT2D eigenvalue weighted by atomic mass is 35.5. The van der Waals surface area contributed by atoms with Crippen molar-refractivity contribution in [2.24, 2.45) is 0 Å². The summed E-state index contributed by atoms with van der Waals surface area (Å²) in [5, 5.41) is 8.28. The summed E-state index contributed by atoms with van der Waals surface area (Å²) in [5.41, 5.74) is 1.77. The average Bonchev–Trinajstić information content (AvgIpc) is 2.85. The summed E-state index contributed by atoms with van der Waals surface area (Å²) < 4.78 is 16.5. The molecule has 1 fully saturated rings. The van der Waals surface area contributed by atoms with Crippen LogP contribution in [0.5, 0.6) is 11.5 Å². The molecule has 0 spiro atoms. The first-order valence-electron chi connectivity index (χ1n) is 11.4. The number of nitrogens with zero attached hydrogens (tertiary/aromatic N) is 4. The molecule has 1 atom stereocenters. The molecule has 35 heavy (non-hydrogen) atoms. The Morgan fingerprint density at radius 1 is 1.11 bits per heavy atom. The van der Waals surface area contributed by atoms with Crippen molar-refractivity contribution in [2.45, 2.75) is 18.9 Å². The summed E-state index contributed by atoms with van der Waals surface area (Å²) in [4.78, 5) is 16.3. The second-order valence-corrected chi connectivity index (χ2v) is 9.32. The number of benzene rings is 1. The van der Waals surface area contributed by atoms with Crippen LogP contribution in [-0.2, 0) is 4.74 Å². The first-order valence-corrected chi connectivity index (χ1v) is 12.2. The maximum Gasteiger partial charge on any atom is 0.223 e. The monoisotopic (exact) mass is 520 g/mol. The van der Waals surface area contributed by atoms with E-state index < -0.39 is 0 Å². The molecule has 0 aliphatic carbocycles. The fraction of sp³-hybridized carbons (Fsp3) is 0.458. The van der Waals surface area contributed by atoms with Crippen molar-refractivity contribution in [3.8, 4) is 22.8 Å². The Morgan fingerprint density at radius 2 is 1.86 bits per heavy atom. The van der Waals surface area contributed by atoms with Crippen LogP contribution in [0.15, 0.2) is 18.3 Å². The van der Waals surface area contributed by atoms with Gasteiger partial charge in [0.15, 0.2) is 5.82 Å². The number of rotatable bonds is 9. The molecule has 1 aliphatic heterocycles. The molecule has 3 aromatic rings. The summed E-state index contributed by atoms with van der Waals surface area (Å²) in [6.45, 7) is 2.92. The SMILES string of the molecule is COc1cc(OC)c(Cl)c(-c2cc3cnc(NC4CCCOC4)nc3c(NCCN(C)C)n2)c1Cl. The number of fused-ring (bicyclic) bond motifs is 1. The van der Waals surface area contributed by atoms with E-state index in [4.69, 9.17) is 47.4 Å². The zero-order valence-electron chi connectivity index (χ0n) is 20.3. The van der Waals surface area contributed by atoms with Gasteiger partial charge in [-0.15, -0.1) is 0 Å². The quantitative estimate of drug-likeness (QED) is 0.420. The third-order valence-corrected chi connectivity index (χ3v) is 6.49. The lowest BCUT2D eigenvalue weighted by atomic mass is 10.1. The molecular formula is C24H30Cl2N6O3. The number of anilines is 2. The highest BCUT2D eigenvalue weighted by molar-refractivity contribution is 6.41. The van der Waals surface area contributed by atoms with Crippen LogP contribution >= 0.6 is 23.2 Å². The minimum Gasteiger partial charge on any atom is -0.495 e. The van der Waals surface area contributed by atoms with Gasteiger partial charge in [-0.25, -0.2) is 15.0 Å². The number of aromatic nitrogens is 3. The van der Waals surface area contributed by atoms with Gasteiger partial charge in [0.1, 0.15) is 17.0 Å². The molecule has 9 nitrogen and oxygen atoms in total. The van der Waals surface area contributed by atoms with Crippen molar-refractivity contribution in [3.05, 3.63) is 28.4 Å². The maximum absolute atomic E-state index is 6.68. The standard InChI is InChI=1S/C24H30Cl2N6O3/c1-32(2)8-7-27-23-22-14(12-28-24(31-22)29-15-6-5-9-35-13-15)10-16(30-23)19-20(25)17(33-3)11-18(34-4)21(19)26/h10-12,15H,5-9,13H2,1-4H3,(H,27,30)(H,28,29,31).